The molecular formula is C24H19N3. The van der Waals surface area contributed by atoms with E-state index in [4.69, 9.17) is 5.73 Å². The molecule has 2 heterocycles. The van der Waals surface area contributed by atoms with Crippen LogP contribution >= 0.6 is 0 Å². The van der Waals surface area contributed by atoms with Crippen molar-refractivity contribution in [2.24, 2.45) is 0 Å². The first-order valence-electron chi connectivity index (χ1n) is 8.81. The van der Waals surface area contributed by atoms with Gasteiger partial charge in [-0.15, -0.1) is 0 Å². The molecule has 0 saturated heterocycles. The van der Waals surface area contributed by atoms with Crippen molar-refractivity contribution in [2.75, 3.05) is 5.73 Å². The molecule has 0 atom stereocenters. The molecular weight excluding hydrogens is 330 g/mol. The van der Waals surface area contributed by atoms with Gasteiger partial charge in [0.1, 0.15) is 0 Å². The van der Waals surface area contributed by atoms with E-state index in [0.29, 0.717) is 0 Å². The summed E-state index contributed by atoms with van der Waals surface area (Å²) >= 11 is 0. The number of pyridine rings is 2. The van der Waals surface area contributed by atoms with Gasteiger partial charge in [0.15, 0.2) is 0 Å². The molecule has 0 bridgehead atoms. The van der Waals surface area contributed by atoms with E-state index in [9.17, 15) is 0 Å². The molecule has 5 aromatic rings. The normalized spacial score (nSPS) is 10.4. The maximum atomic E-state index is 5.60. The zero-order valence-electron chi connectivity index (χ0n) is 14.8. The first-order chi connectivity index (χ1) is 13.3. The lowest BCUT2D eigenvalue weighted by Crippen LogP contribution is -1.83. The van der Waals surface area contributed by atoms with E-state index in [2.05, 4.69) is 46.4 Å². The second kappa shape index (κ2) is 7.67. The zero-order chi connectivity index (χ0) is 18.5. The number of nitrogens with two attached hydrogens (primary N) is 1. The van der Waals surface area contributed by atoms with Crippen LogP contribution in [0.15, 0.2) is 103 Å². The van der Waals surface area contributed by atoms with E-state index in [0.717, 1.165) is 27.5 Å². The fourth-order valence-corrected chi connectivity index (χ4v) is 2.99. The summed E-state index contributed by atoms with van der Waals surface area (Å²) < 4.78 is 0. The van der Waals surface area contributed by atoms with E-state index in [1.807, 2.05) is 54.6 Å². The van der Waals surface area contributed by atoms with Gasteiger partial charge in [-0.2, -0.15) is 0 Å². The van der Waals surface area contributed by atoms with Crippen LogP contribution in [-0.2, 0) is 0 Å². The molecule has 0 saturated carbocycles. The van der Waals surface area contributed by atoms with Crippen molar-refractivity contribution >= 4 is 27.5 Å². The van der Waals surface area contributed by atoms with Gasteiger partial charge < -0.3 is 5.73 Å². The molecule has 2 aromatic heterocycles. The summed E-state index contributed by atoms with van der Waals surface area (Å²) in [5, 5.41) is 2.28. The Kier molecular flexibility index (Phi) is 4.75. The Morgan fingerprint density at radius 1 is 0.481 bits per heavy atom. The van der Waals surface area contributed by atoms with Crippen molar-refractivity contribution in [2.45, 2.75) is 0 Å². The molecule has 3 nitrogen and oxygen atoms in total. The van der Waals surface area contributed by atoms with Crippen LogP contribution in [0.25, 0.3) is 32.9 Å². The van der Waals surface area contributed by atoms with Crippen LogP contribution in [0, 0.1) is 0 Å². The Balaban J connectivity index is 0.000000134. The molecule has 0 aliphatic carbocycles. The van der Waals surface area contributed by atoms with Crippen molar-refractivity contribution < 1.29 is 0 Å². The predicted octanol–water partition coefficient (Wildman–Crippen LogP) is 5.72. The average Bonchev–Trinajstić information content (AvgIpc) is 2.75. The highest BCUT2D eigenvalue weighted by atomic mass is 14.7. The number of aromatic nitrogens is 2. The summed E-state index contributed by atoms with van der Waals surface area (Å²) in [6, 6.07) is 30.3. The largest absolute Gasteiger partial charge is 0.399 e. The van der Waals surface area contributed by atoms with Gasteiger partial charge >= 0.3 is 0 Å². The number of nitrogens with zero attached hydrogens (tertiary/aromatic N) is 2. The number of rotatable bonds is 1. The topological polar surface area (TPSA) is 51.8 Å². The fourth-order valence-electron chi connectivity index (χ4n) is 2.99. The third-order valence-corrected chi connectivity index (χ3v) is 4.36. The lowest BCUT2D eigenvalue weighted by molar-refractivity contribution is 1.37. The molecule has 0 aliphatic rings. The summed E-state index contributed by atoms with van der Waals surface area (Å²) in [5.41, 5.74) is 10.8. The molecule has 0 aliphatic heterocycles. The monoisotopic (exact) mass is 349 g/mol. The molecule has 0 unspecified atom stereocenters. The summed E-state index contributed by atoms with van der Waals surface area (Å²) in [7, 11) is 0. The molecule has 0 fully saturated rings. The second-order valence-electron chi connectivity index (χ2n) is 6.20. The van der Waals surface area contributed by atoms with Crippen LogP contribution < -0.4 is 5.73 Å². The van der Waals surface area contributed by atoms with Gasteiger partial charge in [-0.3, -0.25) is 9.97 Å². The Labute approximate surface area is 158 Å². The molecule has 5 rings (SSSR count). The summed E-state index contributed by atoms with van der Waals surface area (Å²) in [6.07, 6.45) is 3.60. The van der Waals surface area contributed by atoms with Gasteiger partial charge in [0.25, 0.3) is 0 Å². The lowest BCUT2D eigenvalue weighted by atomic mass is 10.1. The minimum atomic E-state index is 0.805. The molecule has 2 N–H and O–H groups in total. The Bertz CT molecular complexity index is 1110. The SMILES string of the molecule is Nc1ccc(-c2ccccc2)cc1.c1cnc2c(c1)ccc1cccnc12. The van der Waals surface area contributed by atoms with Crippen molar-refractivity contribution in [1.29, 1.82) is 0 Å². The molecule has 130 valence electrons. The smallest absolute Gasteiger partial charge is 0.0964 e. The highest BCUT2D eigenvalue weighted by Gasteiger charge is 2.00. The van der Waals surface area contributed by atoms with E-state index >= 15 is 0 Å². The summed E-state index contributed by atoms with van der Waals surface area (Å²) in [5.74, 6) is 0. The van der Waals surface area contributed by atoms with Crippen LogP contribution in [-0.4, -0.2) is 9.97 Å². The Morgan fingerprint density at radius 3 is 1.56 bits per heavy atom. The van der Waals surface area contributed by atoms with Gasteiger partial charge in [0.2, 0.25) is 0 Å². The molecule has 0 amide bonds. The maximum Gasteiger partial charge on any atom is 0.0964 e. The van der Waals surface area contributed by atoms with Gasteiger partial charge in [-0.05, 0) is 35.4 Å². The van der Waals surface area contributed by atoms with E-state index < -0.39 is 0 Å². The lowest BCUT2D eigenvalue weighted by Gasteiger charge is -2.00. The third kappa shape index (κ3) is 3.77. The van der Waals surface area contributed by atoms with Crippen molar-refractivity contribution in [3.05, 3.63) is 103 Å². The van der Waals surface area contributed by atoms with Gasteiger partial charge in [0, 0.05) is 28.9 Å². The predicted molar refractivity (Wildman–Crippen MR) is 113 cm³/mol. The Hall–Kier alpha value is -3.72. The standard InChI is InChI=1S/C12H8N2.C12H11N/c1-3-9-5-6-10-4-2-8-14-12(10)11(9)13-7-1;13-12-8-6-11(7-9-12)10-4-2-1-3-5-10/h1-8H;1-9H,13H2. The van der Waals surface area contributed by atoms with Crippen LogP contribution in [0.5, 0.6) is 0 Å². The number of hydrogen-bond acceptors (Lipinski definition) is 3. The number of anilines is 1. The second-order valence-corrected chi connectivity index (χ2v) is 6.20. The van der Waals surface area contributed by atoms with Crippen LogP contribution in [0.3, 0.4) is 0 Å². The van der Waals surface area contributed by atoms with Crippen LogP contribution in [0.1, 0.15) is 0 Å². The van der Waals surface area contributed by atoms with Crippen molar-refractivity contribution in [3.8, 4) is 11.1 Å². The molecule has 3 aromatic carbocycles. The zero-order valence-corrected chi connectivity index (χ0v) is 14.8. The molecule has 0 radical (unpaired) electrons. The number of nitrogen functional groups attached to an aromatic ring is 1. The first kappa shape index (κ1) is 16.7. The van der Waals surface area contributed by atoms with Crippen LogP contribution in [0.4, 0.5) is 5.69 Å². The number of hydrogen-bond donors (Lipinski definition) is 1. The number of benzene rings is 3. The maximum absolute atomic E-state index is 5.60. The summed E-state index contributed by atoms with van der Waals surface area (Å²) in [4.78, 5) is 8.69. The minimum absolute atomic E-state index is 0.805. The Morgan fingerprint density at radius 2 is 1.00 bits per heavy atom. The van der Waals surface area contributed by atoms with Crippen LogP contribution in [0.2, 0.25) is 0 Å². The van der Waals surface area contributed by atoms with Gasteiger partial charge in [0.05, 0.1) is 11.0 Å². The van der Waals surface area contributed by atoms with Crippen molar-refractivity contribution in [1.82, 2.24) is 9.97 Å². The van der Waals surface area contributed by atoms with Gasteiger partial charge in [-0.25, -0.2) is 0 Å². The van der Waals surface area contributed by atoms with E-state index in [-0.39, 0.29) is 0 Å². The molecule has 3 heteroatoms. The first-order valence-corrected chi connectivity index (χ1v) is 8.81. The average molecular weight is 349 g/mol. The molecule has 0 spiro atoms. The van der Waals surface area contributed by atoms with E-state index in [1.165, 1.54) is 11.1 Å². The number of fused-ring (bicyclic) bond motifs is 3. The highest BCUT2D eigenvalue weighted by Crippen LogP contribution is 2.21. The fraction of sp³-hybridized carbons (Fsp3) is 0. The quantitative estimate of drug-likeness (QED) is 0.311. The highest BCUT2D eigenvalue weighted by molar-refractivity contribution is 6.02. The van der Waals surface area contributed by atoms with Gasteiger partial charge in [-0.1, -0.05) is 66.7 Å². The summed E-state index contributed by atoms with van der Waals surface area (Å²) in [6.45, 7) is 0. The third-order valence-electron chi connectivity index (χ3n) is 4.36. The van der Waals surface area contributed by atoms with E-state index in [1.54, 1.807) is 12.4 Å². The molecule has 27 heavy (non-hydrogen) atoms. The minimum Gasteiger partial charge on any atom is -0.399 e. The van der Waals surface area contributed by atoms with Crippen molar-refractivity contribution in [3.63, 3.8) is 0 Å².